The Labute approximate surface area is 70.5 Å². The van der Waals surface area contributed by atoms with Crippen LogP contribution in [-0.2, 0) is 4.74 Å². The molecule has 0 unspecified atom stereocenters. The minimum Gasteiger partial charge on any atom is -0.379 e. The van der Waals surface area contributed by atoms with Gasteiger partial charge in [0.1, 0.15) is 0 Å². The van der Waals surface area contributed by atoms with Gasteiger partial charge in [0.25, 0.3) is 0 Å². The summed E-state index contributed by atoms with van der Waals surface area (Å²) >= 11 is 0. The zero-order chi connectivity index (χ0) is 8.85. The first-order valence-corrected chi connectivity index (χ1v) is 4.46. The molecule has 2 atom stereocenters. The van der Waals surface area contributed by atoms with E-state index in [1.165, 1.54) is 0 Å². The molecule has 1 rings (SSSR count). The molecule has 0 bridgehead atoms. The Balaban J connectivity index is 0.000000461. The van der Waals surface area contributed by atoms with Crippen molar-refractivity contribution in [1.82, 2.24) is 4.90 Å². The van der Waals surface area contributed by atoms with Crippen LogP contribution in [0.1, 0.15) is 20.8 Å². The van der Waals surface area contributed by atoms with Crippen LogP contribution in [0.3, 0.4) is 0 Å². The Morgan fingerprint density at radius 2 is 1.73 bits per heavy atom. The van der Waals surface area contributed by atoms with E-state index in [1.54, 1.807) is 0 Å². The molecule has 1 aliphatic heterocycles. The van der Waals surface area contributed by atoms with Crippen LogP contribution >= 0.6 is 0 Å². The number of hydrogen-bond acceptors (Lipinski definition) is 2. The van der Waals surface area contributed by atoms with Crippen molar-refractivity contribution >= 4 is 0 Å². The summed E-state index contributed by atoms with van der Waals surface area (Å²) in [6.07, 6.45) is 0. The number of hydrogen-bond donors (Lipinski definition) is 0. The smallest absolute Gasteiger partial charge is 0.0625 e. The van der Waals surface area contributed by atoms with Crippen LogP contribution in [0, 0.1) is 5.92 Å². The molecule has 0 radical (unpaired) electrons. The SMILES string of the molecule is CC.C[C@@H]1COC[C@@H]1N(C)C. The van der Waals surface area contributed by atoms with Crippen molar-refractivity contribution in [2.45, 2.75) is 26.8 Å². The highest BCUT2D eigenvalue weighted by Crippen LogP contribution is 2.15. The lowest BCUT2D eigenvalue weighted by Gasteiger charge is -2.20. The van der Waals surface area contributed by atoms with E-state index in [0.29, 0.717) is 12.0 Å². The highest BCUT2D eigenvalue weighted by molar-refractivity contribution is 4.77. The average molecular weight is 159 g/mol. The van der Waals surface area contributed by atoms with Gasteiger partial charge in [-0.25, -0.2) is 0 Å². The van der Waals surface area contributed by atoms with Crippen molar-refractivity contribution in [3.05, 3.63) is 0 Å². The fourth-order valence-corrected chi connectivity index (χ4v) is 1.31. The molecule has 0 aliphatic carbocycles. The van der Waals surface area contributed by atoms with Crippen molar-refractivity contribution in [3.63, 3.8) is 0 Å². The molecule has 1 aliphatic rings. The van der Waals surface area contributed by atoms with Gasteiger partial charge in [-0.1, -0.05) is 20.8 Å². The Kier molecular flexibility index (Phi) is 5.51. The summed E-state index contributed by atoms with van der Waals surface area (Å²) in [5, 5.41) is 0. The molecule has 0 aromatic heterocycles. The summed E-state index contributed by atoms with van der Waals surface area (Å²) in [5.41, 5.74) is 0. The zero-order valence-electron chi connectivity index (χ0n) is 8.42. The summed E-state index contributed by atoms with van der Waals surface area (Å²) < 4.78 is 5.29. The molecule has 0 N–H and O–H groups in total. The molecule has 1 fully saturated rings. The summed E-state index contributed by atoms with van der Waals surface area (Å²) in [4.78, 5) is 2.23. The summed E-state index contributed by atoms with van der Waals surface area (Å²) in [6.45, 7) is 8.08. The van der Waals surface area contributed by atoms with Gasteiger partial charge in [0.05, 0.1) is 13.2 Å². The molecule has 0 aromatic rings. The summed E-state index contributed by atoms with van der Waals surface area (Å²) in [7, 11) is 4.21. The maximum Gasteiger partial charge on any atom is 0.0625 e. The molecule has 2 heteroatoms. The third-order valence-electron chi connectivity index (χ3n) is 1.99. The van der Waals surface area contributed by atoms with E-state index < -0.39 is 0 Å². The number of rotatable bonds is 1. The standard InChI is InChI=1S/C7H15NO.C2H6/c1-6-4-9-5-7(6)8(2)3;1-2/h6-7H,4-5H2,1-3H3;1-2H3/t6-,7+;/m1./s1. The van der Waals surface area contributed by atoms with Crippen LogP contribution in [0.4, 0.5) is 0 Å². The minimum atomic E-state index is 0.644. The van der Waals surface area contributed by atoms with Gasteiger partial charge in [0, 0.05) is 6.04 Å². The zero-order valence-corrected chi connectivity index (χ0v) is 8.42. The fourth-order valence-electron chi connectivity index (χ4n) is 1.31. The third kappa shape index (κ3) is 3.21. The second-order valence-corrected chi connectivity index (χ2v) is 3.05. The maximum atomic E-state index is 5.29. The molecule has 68 valence electrons. The van der Waals surface area contributed by atoms with Crippen molar-refractivity contribution in [2.75, 3.05) is 27.3 Å². The van der Waals surface area contributed by atoms with E-state index in [0.717, 1.165) is 13.2 Å². The topological polar surface area (TPSA) is 12.5 Å². The van der Waals surface area contributed by atoms with Gasteiger partial charge in [-0.05, 0) is 20.0 Å². The predicted molar refractivity (Wildman–Crippen MR) is 48.8 cm³/mol. The van der Waals surface area contributed by atoms with Gasteiger partial charge in [-0.15, -0.1) is 0 Å². The molecule has 1 saturated heterocycles. The lowest BCUT2D eigenvalue weighted by Crippen LogP contribution is -2.32. The average Bonchev–Trinajstić information content (AvgIpc) is 2.39. The van der Waals surface area contributed by atoms with Crippen LogP contribution in [0.5, 0.6) is 0 Å². The molecule has 1 heterocycles. The van der Waals surface area contributed by atoms with E-state index in [4.69, 9.17) is 4.74 Å². The Bertz CT molecular complexity index is 93.6. The van der Waals surface area contributed by atoms with Gasteiger partial charge in [-0.2, -0.15) is 0 Å². The first-order chi connectivity index (χ1) is 5.22. The number of nitrogens with zero attached hydrogens (tertiary/aromatic N) is 1. The van der Waals surface area contributed by atoms with E-state index in [1.807, 2.05) is 13.8 Å². The van der Waals surface area contributed by atoms with Gasteiger partial charge >= 0.3 is 0 Å². The quantitative estimate of drug-likeness (QED) is 0.576. The molecule has 0 aromatic carbocycles. The second-order valence-electron chi connectivity index (χ2n) is 3.05. The molecular weight excluding hydrogens is 138 g/mol. The van der Waals surface area contributed by atoms with Crippen LogP contribution < -0.4 is 0 Å². The lowest BCUT2D eigenvalue weighted by atomic mass is 10.1. The monoisotopic (exact) mass is 159 g/mol. The number of likely N-dealkylation sites (N-methyl/N-ethyl adjacent to an activating group) is 1. The van der Waals surface area contributed by atoms with Gasteiger partial charge in [0.15, 0.2) is 0 Å². The molecule has 0 saturated carbocycles. The van der Waals surface area contributed by atoms with Crippen molar-refractivity contribution in [1.29, 1.82) is 0 Å². The normalized spacial score (nSPS) is 30.0. The Morgan fingerprint density at radius 3 is 1.91 bits per heavy atom. The lowest BCUT2D eigenvalue weighted by molar-refractivity contribution is 0.169. The van der Waals surface area contributed by atoms with Crippen LogP contribution in [0.15, 0.2) is 0 Å². The Morgan fingerprint density at radius 1 is 1.18 bits per heavy atom. The summed E-state index contributed by atoms with van der Waals surface area (Å²) in [5.74, 6) is 0.708. The van der Waals surface area contributed by atoms with Gasteiger partial charge in [-0.3, -0.25) is 0 Å². The van der Waals surface area contributed by atoms with Gasteiger partial charge in [0.2, 0.25) is 0 Å². The van der Waals surface area contributed by atoms with Crippen molar-refractivity contribution in [3.8, 4) is 0 Å². The maximum absolute atomic E-state index is 5.29. The summed E-state index contributed by atoms with van der Waals surface area (Å²) in [6, 6.07) is 0.644. The first-order valence-electron chi connectivity index (χ1n) is 4.46. The fraction of sp³-hybridized carbons (Fsp3) is 1.00. The van der Waals surface area contributed by atoms with Crippen molar-refractivity contribution < 1.29 is 4.74 Å². The minimum absolute atomic E-state index is 0.644. The van der Waals surface area contributed by atoms with Crippen molar-refractivity contribution in [2.24, 2.45) is 5.92 Å². The third-order valence-corrected chi connectivity index (χ3v) is 1.99. The highest BCUT2D eigenvalue weighted by Gasteiger charge is 2.25. The second kappa shape index (κ2) is 5.56. The molecule has 11 heavy (non-hydrogen) atoms. The molecule has 0 spiro atoms. The first kappa shape index (κ1) is 10.9. The predicted octanol–water partition coefficient (Wildman–Crippen LogP) is 1.61. The number of ether oxygens (including phenoxy) is 1. The van der Waals surface area contributed by atoms with Crippen LogP contribution in [0.25, 0.3) is 0 Å². The largest absolute Gasteiger partial charge is 0.379 e. The Hall–Kier alpha value is -0.0800. The van der Waals surface area contributed by atoms with Gasteiger partial charge < -0.3 is 9.64 Å². The van der Waals surface area contributed by atoms with E-state index >= 15 is 0 Å². The molecular formula is C9H21NO. The van der Waals surface area contributed by atoms with E-state index in [2.05, 4.69) is 25.9 Å². The highest BCUT2D eigenvalue weighted by atomic mass is 16.5. The van der Waals surface area contributed by atoms with E-state index in [-0.39, 0.29) is 0 Å². The molecule has 2 nitrogen and oxygen atoms in total. The molecule has 0 amide bonds. The van der Waals surface area contributed by atoms with Crippen LogP contribution in [0.2, 0.25) is 0 Å². The van der Waals surface area contributed by atoms with Crippen LogP contribution in [-0.4, -0.2) is 38.3 Å². The van der Waals surface area contributed by atoms with E-state index in [9.17, 15) is 0 Å².